The van der Waals surface area contributed by atoms with Crippen LogP contribution in [0.4, 0.5) is 0 Å². The highest BCUT2D eigenvalue weighted by atomic mass is 79.9. The van der Waals surface area contributed by atoms with E-state index in [1.54, 1.807) is 0 Å². The predicted octanol–water partition coefficient (Wildman–Crippen LogP) is 2.90. The van der Waals surface area contributed by atoms with Gasteiger partial charge in [-0.2, -0.15) is 4.31 Å². The lowest BCUT2D eigenvalue weighted by Crippen LogP contribution is -2.32. The van der Waals surface area contributed by atoms with Crippen LogP contribution in [0.25, 0.3) is 0 Å². The first-order valence-corrected chi connectivity index (χ1v) is 8.21. The van der Waals surface area contributed by atoms with Crippen LogP contribution in [0.3, 0.4) is 0 Å². The molecule has 1 aromatic carbocycles. The van der Waals surface area contributed by atoms with Crippen LogP contribution < -0.4 is 5.73 Å². The molecule has 1 fully saturated rings. The van der Waals surface area contributed by atoms with E-state index in [9.17, 15) is 8.42 Å². The number of halogens is 4. The molecule has 19 heavy (non-hydrogen) atoms. The van der Waals surface area contributed by atoms with Crippen LogP contribution in [0, 0.1) is 0 Å². The van der Waals surface area contributed by atoms with Gasteiger partial charge in [0.1, 0.15) is 4.90 Å². The van der Waals surface area contributed by atoms with E-state index in [4.69, 9.17) is 28.9 Å². The van der Waals surface area contributed by atoms with Crippen molar-refractivity contribution in [2.75, 3.05) is 13.1 Å². The predicted molar refractivity (Wildman–Crippen MR) is 82.8 cm³/mol. The van der Waals surface area contributed by atoms with Crippen LogP contribution in [0.2, 0.25) is 10.0 Å². The van der Waals surface area contributed by atoms with Crippen molar-refractivity contribution in [3.63, 3.8) is 0 Å². The molecule has 1 heterocycles. The van der Waals surface area contributed by atoms with Crippen LogP contribution in [0.15, 0.2) is 21.5 Å². The van der Waals surface area contributed by atoms with E-state index in [1.165, 1.54) is 16.4 Å². The van der Waals surface area contributed by atoms with Crippen molar-refractivity contribution < 1.29 is 8.42 Å². The molecular formula is C10H12BrCl3N2O2S. The van der Waals surface area contributed by atoms with Crippen molar-refractivity contribution in [3.8, 4) is 0 Å². The van der Waals surface area contributed by atoms with Crippen LogP contribution in [0.5, 0.6) is 0 Å². The van der Waals surface area contributed by atoms with E-state index in [2.05, 4.69) is 15.9 Å². The van der Waals surface area contributed by atoms with Gasteiger partial charge in [0.15, 0.2) is 0 Å². The maximum absolute atomic E-state index is 12.4. The monoisotopic (exact) mass is 408 g/mol. The molecule has 0 spiro atoms. The fraction of sp³-hybridized carbons (Fsp3) is 0.400. The van der Waals surface area contributed by atoms with Gasteiger partial charge in [0.25, 0.3) is 0 Å². The average Bonchev–Trinajstić information content (AvgIpc) is 2.63. The topological polar surface area (TPSA) is 63.4 Å². The standard InChI is InChI=1S/C10H11BrCl2N2O2S.ClH/c11-6-3-8(12)10(9(13)4-6)18(16,17)15-2-1-7(14)5-15;/h3-4,7H,1-2,5,14H2;1H. The Bertz CT molecular complexity index is 559. The van der Waals surface area contributed by atoms with Crippen molar-refractivity contribution in [2.24, 2.45) is 5.73 Å². The second-order valence-corrected chi connectivity index (χ2v) is 7.72. The third kappa shape index (κ3) is 3.56. The Balaban J connectivity index is 0.00000180. The molecular weight excluding hydrogens is 398 g/mol. The SMILES string of the molecule is Cl.NC1CCN(S(=O)(=O)c2c(Cl)cc(Br)cc2Cl)C1. The van der Waals surface area contributed by atoms with Gasteiger partial charge in [-0.25, -0.2) is 8.42 Å². The summed E-state index contributed by atoms with van der Waals surface area (Å²) in [5, 5.41) is 0.213. The number of hydrogen-bond donors (Lipinski definition) is 1. The van der Waals surface area contributed by atoms with Crippen LogP contribution in [-0.2, 0) is 10.0 Å². The number of hydrogen-bond acceptors (Lipinski definition) is 3. The molecule has 2 rings (SSSR count). The van der Waals surface area contributed by atoms with Gasteiger partial charge in [0, 0.05) is 23.6 Å². The van der Waals surface area contributed by atoms with E-state index in [1.807, 2.05) is 0 Å². The maximum atomic E-state index is 12.4. The third-order valence-corrected chi connectivity index (χ3v) is 5.99. The lowest BCUT2D eigenvalue weighted by atomic mass is 10.3. The van der Waals surface area contributed by atoms with Gasteiger partial charge in [-0.15, -0.1) is 12.4 Å². The molecule has 1 atom stereocenters. The number of rotatable bonds is 2. The summed E-state index contributed by atoms with van der Waals surface area (Å²) in [5.41, 5.74) is 5.72. The number of sulfonamides is 1. The van der Waals surface area contributed by atoms with Crippen molar-refractivity contribution in [1.29, 1.82) is 0 Å². The fourth-order valence-electron chi connectivity index (χ4n) is 1.88. The molecule has 1 aliphatic heterocycles. The van der Waals surface area contributed by atoms with Gasteiger partial charge < -0.3 is 5.73 Å². The molecule has 0 aromatic heterocycles. The summed E-state index contributed by atoms with van der Waals surface area (Å²) >= 11 is 15.2. The van der Waals surface area contributed by atoms with Crippen molar-refractivity contribution >= 4 is 61.6 Å². The zero-order chi connectivity index (χ0) is 13.5. The summed E-state index contributed by atoms with van der Waals surface area (Å²) < 4.78 is 26.8. The van der Waals surface area contributed by atoms with E-state index >= 15 is 0 Å². The summed E-state index contributed by atoms with van der Waals surface area (Å²) in [7, 11) is -3.68. The van der Waals surface area contributed by atoms with E-state index in [-0.39, 0.29) is 33.4 Å². The Hall–Kier alpha value is 0.440. The Morgan fingerprint density at radius 3 is 2.26 bits per heavy atom. The molecule has 0 radical (unpaired) electrons. The van der Waals surface area contributed by atoms with Crippen molar-refractivity contribution in [3.05, 3.63) is 26.7 Å². The number of benzene rings is 1. The van der Waals surface area contributed by atoms with Crippen LogP contribution in [-0.4, -0.2) is 31.9 Å². The minimum absolute atomic E-state index is 0. The molecule has 1 unspecified atom stereocenters. The normalized spacial score (nSPS) is 20.3. The molecule has 4 nitrogen and oxygen atoms in total. The summed E-state index contributed by atoms with van der Waals surface area (Å²) in [6, 6.07) is 2.89. The van der Waals surface area contributed by atoms with Gasteiger partial charge >= 0.3 is 0 Å². The Kier molecular flexibility index (Phi) is 5.96. The van der Waals surface area contributed by atoms with Crippen molar-refractivity contribution in [2.45, 2.75) is 17.4 Å². The summed E-state index contributed by atoms with van der Waals surface area (Å²) in [4.78, 5) is -0.0527. The van der Waals surface area contributed by atoms with Gasteiger partial charge in [-0.3, -0.25) is 0 Å². The molecule has 2 N–H and O–H groups in total. The third-order valence-electron chi connectivity index (χ3n) is 2.75. The molecule has 0 aliphatic carbocycles. The van der Waals surface area contributed by atoms with E-state index < -0.39 is 10.0 Å². The van der Waals surface area contributed by atoms with E-state index in [0.29, 0.717) is 24.0 Å². The smallest absolute Gasteiger partial charge is 0.246 e. The second kappa shape index (κ2) is 6.47. The van der Waals surface area contributed by atoms with Gasteiger partial charge in [0.05, 0.1) is 10.0 Å². The fourth-order valence-corrected chi connectivity index (χ4v) is 5.27. The first kappa shape index (κ1) is 17.5. The van der Waals surface area contributed by atoms with E-state index in [0.717, 1.165) is 0 Å². The maximum Gasteiger partial charge on any atom is 0.246 e. The lowest BCUT2D eigenvalue weighted by Gasteiger charge is -2.18. The largest absolute Gasteiger partial charge is 0.326 e. The molecule has 9 heteroatoms. The highest BCUT2D eigenvalue weighted by Gasteiger charge is 2.34. The van der Waals surface area contributed by atoms with Crippen molar-refractivity contribution in [1.82, 2.24) is 4.31 Å². The summed E-state index contributed by atoms with van der Waals surface area (Å²) in [6.07, 6.45) is 0.644. The van der Waals surface area contributed by atoms with Crippen LogP contribution in [0.1, 0.15) is 6.42 Å². The van der Waals surface area contributed by atoms with Crippen LogP contribution >= 0.6 is 51.5 Å². The zero-order valence-electron chi connectivity index (χ0n) is 9.64. The highest BCUT2D eigenvalue weighted by molar-refractivity contribution is 9.10. The Morgan fingerprint density at radius 2 is 1.84 bits per heavy atom. The summed E-state index contributed by atoms with van der Waals surface area (Å²) in [6.45, 7) is 0.692. The molecule has 1 aliphatic rings. The first-order valence-electron chi connectivity index (χ1n) is 5.22. The van der Waals surface area contributed by atoms with Gasteiger partial charge in [-0.05, 0) is 18.6 Å². The molecule has 108 valence electrons. The van der Waals surface area contributed by atoms with Gasteiger partial charge in [-0.1, -0.05) is 39.1 Å². The molecule has 0 saturated carbocycles. The first-order chi connectivity index (χ1) is 8.32. The molecule has 1 saturated heterocycles. The second-order valence-electron chi connectivity index (χ2n) is 4.11. The summed E-state index contributed by atoms with van der Waals surface area (Å²) in [5.74, 6) is 0. The molecule has 1 aromatic rings. The minimum Gasteiger partial charge on any atom is -0.326 e. The Morgan fingerprint density at radius 1 is 1.32 bits per heavy atom. The lowest BCUT2D eigenvalue weighted by molar-refractivity contribution is 0.472. The number of nitrogens with two attached hydrogens (primary N) is 1. The molecule has 0 amide bonds. The highest BCUT2D eigenvalue weighted by Crippen LogP contribution is 2.35. The number of nitrogens with zero attached hydrogens (tertiary/aromatic N) is 1. The quantitative estimate of drug-likeness (QED) is 0.815. The minimum atomic E-state index is -3.68. The molecule has 0 bridgehead atoms. The Labute approximate surface area is 136 Å². The van der Waals surface area contributed by atoms with Gasteiger partial charge in [0.2, 0.25) is 10.0 Å². The average molecular weight is 411 g/mol. The zero-order valence-corrected chi connectivity index (χ0v) is 14.4.